The number of thiol groups is 1. The Kier molecular flexibility index (Phi) is 3.55. The smallest absolute Gasteiger partial charge is 0.0159 e. The van der Waals surface area contributed by atoms with Gasteiger partial charge >= 0.3 is 0 Å². The Labute approximate surface area is 63.4 Å². The largest absolute Gasteiger partial charge is 0.0997 e. The summed E-state index contributed by atoms with van der Waals surface area (Å²) in [5.74, 6) is 0. The Balaban J connectivity index is 2.06. The van der Waals surface area contributed by atoms with Gasteiger partial charge in [-0.3, -0.25) is 0 Å². The zero-order chi connectivity index (χ0) is 5.82. The molecule has 1 fully saturated rings. The van der Waals surface area contributed by atoms with Gasteiger partial charge in [-0.05, 0) is 22.7 Å². The third-order valence-corrected chi connectivity index (χ3v) is 4.16. The summed E-state index contributed by atoms with van der Waals surface area (Å²) in [4.78, 5) is 0. The fourth-order valence-electron chi connectivity index (χ4n) is 1.05. The molecule has 0 atom stereocenters. The van der Waals surface area contributed by atoms with Crippen molar-refractivity contribution in [3.05, 3.63) is 0 Å². The van der Waals surface area contributed by atoms with Crippen molar-refractivity contribution in [2.24, 2.45) is 0 Å². The van der Waals surface area contributed by atoms with E-state index >= 15 is 0 Å². The van der Waals surface area contributed by atoms with Crippen LogP contribution in [0.25, 0.3) is 0 Å². The van der Waals surface area contributed by atoms with E-state index in [0.29, 0.717) is 0 Å². The van der Waals surface area contributed by atoms with Crippen molar-refractivity contribution in [3.63, 3.8) is 0 Å². The maximum atomic E-state index is 4.08. The van der Waals surface area contributed by atoms with Crippen LogP contribution >= 0.6 is 32.3 Å². The van der Waals surface area contributed by atoms with Gasteiger partial charge in [-0.1, -0.05) is 35.3 Å². The second kappa shape index (κ2) is 3.96. The van der Waals surface area contributed by atoms with Crippen molar-refractivity contribution in [2.75, 3.05) is 0 Å². The lowest BCUT2D eigenvalue weighted by Crippen LogP contribution is -1.88. The van der Waals surface area contributed by atoms with Crippen LogP contribution in [0, 0.1) is 0 Å². The average molecular weight is 166 g/mol. The Morgan fingerprint density at radius 3 is 2.38 bits per heavy atom. The highest BCUT2D eigenvalue weighted by atomic mass is 33.5. The molecule has 0 N–H and O–H groups in total. The summed E-state index contributed by atoms with van der Waals surface area (Å²) in [5, 5.41) is 0.914. The van der Waals surface area contributed by atoms with Gasteiger partial charge < -0.3 is 0 Å². The highest BCUT2D eigenvalue weighted by molar-refractivity contribution is 9.05. The van der Waals surface area contributed by atoms with E-state index in [0.717, 1.165) is 5.25 Å². The third kappa shape index (κ3) is 2.11. The fraction of sp³-hybridized carbons (Fsp3) is 1.00. The normalized spacial score (nSPS) is 22.1. The molecule has 0 amide bonds. The first-order valence-electron chi connectivity index (χ1n) is 2.90. The molecule has 0 heterocycles. The topological polar surface area (TPSA) is 0 Å². The summed E-state index contributed by atoms with van der Waals surface area (Å²) in [6.45, 7) is 0. The molecule has 0 spiro atoms. The molecule has 0 aromatic carbocycles. The van der Waals surface area contributed by atoms with E-state index in [1.807, 2.05) is 10.8 Å². The molecule has 3 heteroatoms. The quantitative estimate of drug-likeness (QED) is 0.494. The standard InChI is InChI=1S/C5H10S3/c6-8-7-5-3-1-2-4-5/h5-6H,1-4H2. The summed E-state index contributed by atoms with van der Waals surface area (Å²) in [5.41, 5.74) is 0. The van der Waals surface area contributed by atoms with Crippen LogP contribution in [0.3, 0.4) is 0 Å². The summed E-state index contributed by atoms with van der Waals surface area (Å²) < 4.78 is 0. The van der Waals surface area contributed by atoms with Gasteiger partial charge in [-0.2, -0.15) is 0 Å². The van der Waals surface area contributed by atoms with Crippen LogP contribution in [-0.2, 0) is 0 Å². The summed E-state index contributed by atoms with van der Waals surface area (Å²) in [7, 11) is 3.53. The van der Waals surface area contributed by atoms with E-state index in [-0.39, 0.29) is 0 Å². The minimum Gasteiger partial charge on any atom is -0.0997 e. The van der Waals surface area contributed by atoms with Crippen LogP contribution in [-0.4, -0.2) is 5.25 Å². The van der Waals surface area contributed by atoms with Crippen molar-refractivity contribution < 1.29 is 0 Å². The lowest BCUT2D eigenvalue weighted by atomic mass is 10.4. The molecule has 0 aromatic rings. The predicted molar refractivity (Wildman–Crippen MR) is 46.4 cm³/mol. The van der Waals surface area contributed by atoms with Gasteiger partial charge in [-0.15, -0.1) is 0 Å². The van der Waals surface area contributed by atoms with Crippen molar-refractivity contribution in [2.45, 2.75) is 30.9 Å². The zero-order valence-electron chi connectivity index (χ0n) is 4.67. The molecule has 0 radical (unpaired) electrons. The van der Waals surface area contributed by atoms with Crippen LogP contribution in [0.1, 0.15) is 25.7 Å². The van der Waals surface area contributed by atoms with E-state index in [1.54, 1.807) is 9.83 Å². The third-order valence-electron chi connectivity index (χ3n) is 1.48. The number of hydrogen-bond donors (Lipinski definition) is 1. The first kappa shape index (κ1) is 7.16. The van der Waals surface area contributed by atoms with Gasteiger partial charge in [0.1, 0.15) is 0 Å². The Bertz CT molecular complexity index is 58.7. The molecule has 1 aliphatic carbocycles. The predicted octanol–water partition coefficient (Wildman–Crippen LogP) is 3.16. The van der Waals surface area contributed by atoms with Crippen LogP contribution < -0.4 is 0 Å². The van der Waals surface area contributed by atoms with E-state index in [2.05, 4.69) is 11.7 Å². The van der Waals surface area contributed by atoms with Gasteiger partial charge in [0, 0.05) is 5.25 Å². The summed E-state index contributed by atoms with van der Waals surface area (Å²) in [6, 6.07) is 0. The van der Waals surface area contributed by atoms with Gasteiger partial charge in [0.25, 0.3) is 0 Å². The van der Waals surface area contributed by atoms with Crippen LogP contribution in [0.2, 0.25) is 0 Å². The molecular formula is C5H10S3. The first-order chi connectivity index (χ1) is 3.93. The second-order valence-electron chi connectivity index (χ2n) is 2.08. The van der Waals surface area contributed by atoms with E-state index in [1.165, 1.54) is 25.7 Å². The van der Waals surface area contributed by atoms with Gasteiger partial charge in [-0.25, -0.2) is 0 Å². The molecule has 1 rings (SSSR count). The lowest BCUT2D eigenvalue weighted by Gasteiger charge is -2.01. The molecular weight excluding hydrogens is 156 g/mol. The highest BCUT2D eigenvalue weighted by Gasteiger charge is 2.14. The average Bonchev–Trinajstić information content (AvgIpc) is 2.19. The highest BCUT2D eigenvalue weighted by Crippen LogP contribution is 2.38. The van der Waals surface area contributed by atoms with Crippen molar-refractivity contribution in [3.8, 4) is 0 Å². The Morgan fingerprint density at radius 1 is 1.25 bits per heavy atom. The molecule has 0 nitrogen and oxygen atoms in total. The minimum atomic E-state index is 0.914. The Hall–Kier alpha value is 1.05. The number of rotatable bonds is 2. The van der Waals surface area contributed by atoms with Crippen LogP contribution in [0.15, 0.2) is 0 Å². The van der Waals surface area contributed by atoms with Crippen LogP contribution in [0.4, 0.5) is 0 Å². The number of hydrogen-bond acceptors (Lipinski definition) is 3. The summed E-state index contributed by atoms with van der Waals surface area (Å²) >= 11 is 4.08. The minimum absolute atomic E-state index is 0.914. The van der Waals surface area contributed by atoms with Crippen molar-refractivity contribution in [1.29, 1.82) is 0 Å². The molecule has 8 heavy (non-hydrogen) atoms. The maximum Gasteiger partial charge on any atom is 0.0159 e. The van der Waals surface area contributed by atoms with Gasteiger partial charge in [0.15, 0.2) is 0 Å². The van der Waals surface area contributed by atoms with Gasteiger partial charge in [0.2, 0.25) is 0 Å². The van der Waals surface area contributed by atoms with E-state index in [4.69, 9.17) is 0 Å². The second-order valence-corrected chi connectivity index (χ2v) is 5.45. The molecule has 0 aliphatic heterocycles. The molecule has 1 aliphatic rings. The molecule has 1 saturated carbocycles. The van der Waals surface area contributed by atoms with Crippen LogP contribution in [0.5, 0.6) is 0 Å². The first-order valence-corrected chi connectivity index (χ1v) is 6.17. The van der Waals surface area contributed by atoms with E-state index in [9.17, 15) is 0 Å². The summed E-state index contributed by atoms with van der Waals surface area (Å²) in [6.07, 6.45) is 5.70. The Morgan fingerprint density at radius 2 is 1.88 bits per heavy atom. The molecule has 0 unspecified atom stereocenters. The monoisotopic (exact) mass is 166 g/mol. The van der Waals surface area contributed by atoms with Crippen molar-refractivity contribution in [1.82, 2.24) is 0 Å². The maximum absolute atomic E-state index is 4.08. The molecule has 0 saturated heterocycles. The fourth-order valence-corrected chi connectivity index (χ4v) is 3.73. The van der Waals surface area contributed by atoms with Crippen molar-refractivity contribution >= 4 is 32.3 Å². The SMILES string of the molecule is SSSC1CCCC1. The zero-order valence-corrected chi connectivity index (χ0v) is 7.20. The molecule has 0 bridgehead atoms. The van der Waals surface area contributed by atoms with Gasteiger partial charge in [0.05, 0.1) is 0 Å². The lowest BCUT2D eigenvalue weighted by molar-refractivity contribution is 0.886. The molecule has 0 aromatic heterocycles. The molecule has 48 valence electrons. The van der Waals surface area contributed by atoms with E-state index < -0.39 is 0 Å².